The number of nitrogens with one attached hydrogen (secondary N) is 2. The van der Waals surface area contributed by atoms with E-state index in [4.69, 9.17) is 0 Å². The van der Waals surface area contributed by atoms with Crippen molar-refractivity contribution < 1.29 is 4.79 Å². The van der Waals surface area contributed by atoms with Crippen molar-refractivity contribution >= 4 is 6.03 Å². The van der Waals surface area contributed by atoms with Gasteiger partial charge in [-0.3, -0.25) is 0 Å². The number of hydrogen-bond acceptors (Lipinski definition) is 2. The molecule has 0 aromatic heterocycles. The smallest absolute Gasteiger partial charge is 0.315 e. The van der Waals surface area contributed by atoms with Gasteiger partial charge in [-0.05, 0) is 62.6 Å². The average molecular weight is 329 g/mol. The number of aryl methyl sites for hydroxylation is 1. The Morgan fingerprint density at radius 3 is 2.96 bits per heavy atom. The molecule has 4 heteroatoms. The number of amides is 2. The van der Waals surface area contributed by atoms with Crippen LogP contribution in [0.4, 0.5) is 4.79 Å². The molecule has 0 spiro atoms. The SMILES string of the molecule is CC1CCCN(CC(C)NC(=O)NC2CCCc3ccccc32)C1. The first-order valence-corrected chi connectivity index (χ1v) is 9.49. The highest BCUT2D eigenvalue weighted by Gasteiger charge is 2.23. The molecular formula is C20H31N3O. The maximum Gasteiger partial charge on any atom is 0.315 e. The number of rotatable bonds is 4. The van der Waals surface area contributed by atoms with E-state index in [0.717, 1.165) is 44.8 Å². The van der Waals surface area contributed by atoms with Crippen LogP contribution in [0.2, 0.25) is 0 Å². The molecular weight excluding hydrogens is 298 g/mol. The minimum absolute atomic E-state index is 0.0331. The molecule has 3 unspecified atom stereocenters. The van der Waals surface area contributed by atoms with Gasteiger partial charge in [0, 0.05) is 19.1 Å². The van der Waals surface area contributed by atoms with Gasteiger partial charge in [0.2, 0.25) is 0 Å². The topological polar surface area (TPSA) is 44.4 Å². The van der Waals surface area contributed by atoms with Crippen LogP contribution in [0.25, 0.3) is 0 Å². The van der Waals surface area contributed by atoms with E-state index in [2.05, 4.69) is 53.6 Å². The minimum atomic E-state index is -0.0331. The second-order valence-corrected chi connectivity index (χ2v) is 7.67. The van der Waals surface area contributed by atoms with E-state index in [1.807, 2.05) is 0 Å². The van der Waals surface area contributed by atoms with Crippen molar-refractivity contribution in [1.29, 1.82) is 0 Å². The number of carbonyl (C=O) groups is 1. The summed E-state index contributed by atoms with van der Waals surface area (Å²) < 4.78 is 0. The Labute approximate surface area is 146 Å². The van der Waals surface area contributed by atoms with Crippen molar-refractivity contribution in [2.24, 2.45) is 5.92 Å². The molecule has 132 valence electrons. The Bertz CT molecular complexity index is 560. The molecule has 1 aliphatic heterocycles. The number of urea groups is 1. The summed E-state index contributed by atoms with van der Waals surface area (Å²) in [6.45, 7) is 7.68. The lowest BCUT2D eigenvalue weighted by Crippen LogP contribution is -2.48. The fourth-order valence-electron chi connectivity index (χ4n) is 4.21. The third-order valence-corrected chi connectivity index (χ3v) is 5.33. The highest BCUT2D eigenvalue weighted by atomic mass is 16.2. The third-order valence-electron chi connectivity index (χ3n) is 5.33. The predicted octanol–water partition coefficient (Wildman–Crippen LogP) is 3.48. The number of nitrogens with zero attached hydrogens (tertiary/aromatic N) is 1. The highest BCUT2D eigenvalue weighted by molar-refractivity contribution is 5.74. The van der Waals surface area contributed by atoms with Crippen LogP contribution in [-0.2, 0) is 6.42 Å². The molecule has 2 aliphatic rings. The second kappa shape index (κ2) is 8.02. The zero-order valence-corrected chi connectivity index (χ0v) is 15.1. The van der Waals surface area contributed by atoms with Gasteiger partial charge in [0.25, 0.3) is 0 Å². The van der Waals surface area contributed by atoms with Crippen LogP contribution in [0.5, 0.6) is 0 Å². The summed E-state index contributed by atoms with van der Waals surface area (Å²) in [4.78, 5) is 14.9. The Balaban J connectivity index is 1.49. The van der Waals surface area contributed by atoms with E-state index >= 15 is 0 Å². The molecule has 2 N–H and O–H groups in total. The first kappa shape index (κ1) is 17.3. The summed E-state index contributed by atoms with van der Waals surface area (Å²) in [5.41, 5.74) is 2.67. The molecule has 1 heterocycles. The van der Waals surface area contributed by atoms with Crippen molar-refractivity contribution in [3.63, 3.8) is 0 Å². The standard InChI is InChI=1S/C20H31N3O/c1-15-7-6-12-23(13-15)14-16(2)21-20(24)22-19-11-5-9-17-8-3-4-10-18(17)19/h3-4,8,10,15-16,19H,5-7,9,11-14H2,1-2H3,(H2,21,22,24). The Hall–Kier alpha value is -1.55. The van der Waals surface area contributed by atoms with Gasteiger partial charge in [0.15, 0.2) is 0 Å². The maximum absolute atomic E-state index is 12.4. The average Bonchev–Trinajstić information content (AvgIpc) is 2.55. The van der Waals surface area contributed by atoms with Gasteiger partial charge in [-0.25, -0.2) is 4.79 Å². The van der Waals surface area contributed by atoms with Gasteiger partial charge in [-0.15, -0.1) is 0 Å². The first-order valence-electron chi connectivity index (χ1n) is 9.49. The van der Waals surface area contributed by atoms with E-state index in [1.54, 1.807) is 0 Å². The van der Waals surface area contributed by atoms with Gasteiger partial charge < -0.3 is 15.5 Å². The lowest BCUT2D eigenvalue weighted by Gasteiger charge is -2.33. The lowest BCUT2D eigenvalue weighted by molar-refractivity contribution is 0.169. The van der Waals surface area contributed by atoms with Crippen LogP contribution in [-0.4, -0.2) is 36.6 Å². The Morgan fingerprint density at radius 2 is 2.12 bits per heavy atom. The highest BCUT2D eigenvalue weighted by Crippen LogP contribution is 2.29. The Morgan fingerprint density at radius 1 is 1.29 bits per heavy atom. The first-order chi connectivity index (χ1) is 11.6. The van der Waals surface area contributed by atoms with E-state index < -0.39 is 0 Å². The van der Waals surface area contributed by atoms with Crippen molar-refractivity contribution in [2.45, 2.75) is 58.0 Å². The van der Waals surface area contributed by atoms with E-state index in [9.17, 15) is 4.79 Å². The largest absolute Gasteiger partial charge is 0.334 e. The number of benzene rings is 1. The molecule has 1 fully saturated rings. The van der Waals surface area contributed by atoms with Crippen molar-refractivity contribution in [2.75, 3.05) is 19.6 Å². The predicted molar refractivity (Wildman–Crippen MR) is 98.1 cm³/mol. The molecule has 1 aromatic rings. The molecule has 0 radical (unpaired) electrons. The molecule has 3 rings (SSSR count). The van der Waals surface area contributed by atoms with Crippen LogP contribution in [0.3, 0.4) is 0 Å². The van der Waals surface area contributed by atoms with Crippen LogP contribution in [0.1, 0.15) is 56.7 Å². The van der Waals surface area contributed by atoms with E-state index in [0.29, 0.717) is 0 Å². The number of piperidine rings is 1. The van der Waals surface area contributed by atoms with Crippen molar-refractivity contribution in [3.8, 4) is 0 Å². The molecule has 0 saturated carbocycles. The summed E-state index contributed by atoms with van der Waals surface area (Å²) in [6, 6.07) is 8.78. The molecule has 1 saturated heterocycles. The summed E-state index contributed by atoms with van der Waals surface area (Å²) in [5.74, 6) is 0.776. The fraction of sp³-hybridized carbons (Fsp3) is 0.650. The van der Waals surface area contributed by atoms with Crippen molar-refractivity contribution in [3.05, 3.63) is 35.4 Å². The van der Waals surface area contributed by atoms with E-state index in [-0.39, 0.29) is 18.1 Å². The number of likely N-dealkylation sites (tertiary alicyclic amines) is 1. The zero-order valence-electron chi connectivity index (χ0n) is 15.1. The fourth-order valence-corrected chi connectivity index (χ4v) is 4.21. The molecule has 2 amide bonds. The summed E-state index contributed by atoms with van der Waals surface area (Å²) >= 11 is 0. The summed E-state index contributed by atoms with van der Waals surface area (Å²) in [6.07, 6.45) is 5.91. The van der Waals surface area contributed by atoms with Crippen LogP contribution in [0, 0.1) is 5.92 Å². The Kier molecular flexibility index (Phi) is 5.77. The van der Waals surface area contributed by atoms with Crippen LogP contribution >= 0.6 is 0 Å². The summed E-state index contributed by atoms with van der Waals surface area (Å²) in [7, 11) is 0. The molecule has 4 nitrogen and oxygen atoms in total. The van der Waals surface area contributed by atoms with Gasteiger partial charge in [0.1, 0.15) is 0 Å². The lowest BCUT2D eigenvalue weighted by atomic mass is 9.88. The van der Waals surface area contributed by atoms with Gasteiger partial charge in [0.05, 0.1) is 6.04 Å². The van der Waals surface area contributed by atoms with Gasteiger partial charge >= 0.3 is 6.03 Å². The van der Waals surface area contributed by atoms with Crippen molar-refractivity contribution in [1.82, 2.24) is 15.5 Å². The molecule has 0 bridgehead atoms. The molecule has 3 atom stereocenters. The third kappa shape index (κ3) is 4.50. The normalized spacial score (nSPS) is 25.6. The number of fused-ring (bicyclic) bond motifs is 1. The van der Waals surface area contributed by atoms with Gasteiger partial charge in [-0.1, -0.05) is 31.2 Å². The second-order valence-electron chi connectivity index (χ2n) is 7.67. The van der Waals surface area contributed by atoms with Crippen LogP contribution < -0.4 is 10.6 Å². The zero-order chi connectivity index (χ0) is 16.9. The number of carbonyl (C=O) groups excluding carboxylic acids is 1. The summed E-state index contributed by atoms with van der Waals surface area (Å²) in [5, 5.41) is 6.31. The van der Waals surface area contributed by atoms with Crippen LogP contribution in [0.15, 0.2) is 24.3 Å². The van der Waals surface area contributed by atoms with E-state index in [1.165, 1.54) is 24.0 Å². The number of hydrogen-bond donors (Lipinski definition) is 2. The molecule has 24 heavy (non-hydrogen) atoms. The monoisotopic (exact) mass is 329 g/mol. The maximum atomic E-state index is 12.4. The van der Waals surface area contributed by atoms with Gasteiger partial charge in [-0.2, -0.15) is 0 Å². The molecule has 1 aliphatic carbocycles. The molecule has 1 aromatic carbocycles. The minimum Gasteiger partial charge on any atom is -0.334 e. The quantitative estimate of drug-likeness (QED) is 0.888.